The van der Waals surface area contributed by atoms with Gasteiger partial charge in [0.15, 0.2) is 0 Å². The van der Waals surface area contributed by atoms with E-state index in [1.807, 2.05) is 0 Å². The summed E-state index contributed by atoms with van der Waals surface area (Å²) in [6.07, 6.45) is 7.09. The highest BCUT2D eigenvalue weighted by Gasteiger charge is 2.30. The van der Waals surface area contributed by atoms with Crippen molar-refractivity contribution >= 4 is 24.8 Å². The Balaban J connectivity index is 0.000000605. The van der Waals surface area contributed by atoms with E-state index in [2.05, 4.69) is 22.8 Å². The standard InChI is InChI=1S/C8H14N2.2ClH/c1-2-8(10-5-1)3-6-9-7-4-8;;/h1-2,9-10H,3-7H2;2*1H. The molecule has 1 spiro atoms. The molecule has 0 aromatic heterocycles. The van der Waals surface area contributed by atoms with Crippen LogP contribution in [0.15, 0.2) is 12.2 Å². The molecule has 0 saturated carbocycles. The predicted molar refractivity (Wildman–Crippen MR) is 56.5 cm³/mol. The highest BCUT2D eigenvalue weighted by Crippen LogP contribution is 2.22. The van der Waals surface area contributed by atoms with Crippen LogP contribution in [0.25, 0.3) is 0 Å². The van der Waals surface area contributed by atoms with Crippen LogP contribution in [-0.2, 0) is 0 Å². The van der Waals surface area contributed by atoms with E-state index in [0.29, 0.717) is 5.54 Å². The molecule has 12 heavy (non-hydrogen) atoms. The predicted octanol–water partition coefficient (Wildman–Crippen LogP) is 1.11. The number of hydrogen-bond acceptors (Lipinski definition) is 2. The van der Waals surface area contributed by atoms with Crippen molar-refractivity contribution in [2.24, 2.45) is 0 Å². The van der Waals surface area contributed by atoms with Crippen molar-refractivity contribution in [3.63, 3.8) is 0 Å². The summed E-state index contributed by atoms with van der Waals surface area (Å²) in [6, 6.07) is 0. The second-order valence-corrected chi connectivity index (χ2v) is 3.19. The topological polar surface area (TPSA) is 24.1 Å². The Morgan fingerprint density at radius 3 is 2.25 bits per heavy atom. The Labute approximate surface area is 86.0 Å². The third-order valence-electron chi connectivity index (χ3n) is 2.50. The second kappa shape index (κ2) is 5.07. The van der Waals surface area contributed by atoms with Crippen LogP contribution in [-0.4, -0.2) is 25.2 Å². The molecule has 2 rings (SSSR count). The van der Waals surface area contributed by atoms with E-state index >= 15 is 0 Å². The van der Waals surface area contributed by atoms with E-state index in [1.165, 1.54) is 12.8 Å². The van der Waals surface area contributed by atoms with Crippen LogP contribution in [0.1, 0.15) is 12.8 Å². The van der Waals surface area contributed by atoms with Gasteiger partial charge in [-0.1, -0.05) is 12.2 Å². The minimum Gasteiger partial charge on any atom is -0.317 e. The molecule has 2 aliphatic heterocycles. The summed E-state index contributed by atoms with van der Waals surface area (Å²) in [5, 5.41) is 6.88. The van der Waals surface area contributed by atoms with Crippen LogP contribution in [0.3, 0.4) is 0 Å². The van der Waals surface area contributed by atoms with Crippen LogP contribution < -0.4 is 10.6 Å². The lowest BCUT2D eigenvalue weighted by atomic mass is 9.90. The maximum Gasteiger partial charge on any atom is 0.0391 e. The Kier molecular flexibility index (Phi) is 5.18. The van der Waals surface area contributed by atoms with Crippen molar-refractivity contribution in [2.75, 3.05) is 19.6 Å². The molecule has 2 heterocycles. The first kappa shape index (κ1) is 12.2. The van der Waals surface area contributed by atoms with Gasteiger partial charge < -0.3 is 10.6 Å². The molecular formula is C8H16Cl2N2. The minimum absolute atomic E-state index is 0. The van der Waals surface area contributed by atoms with Gasteiger partial charge in [0.05, 0.1) is 0 Å². The van der Waals surface area contributed by atoms with Crippen molar-refractivity contribution < 1.29 is 0 Å². The summed E-state index contributed by atoms with van der Waals surface area (Å²) in [4.78, 5) is 0. The number of hydrogen-bond donors (Lipinski definition) is 2. The summed E-state index contributed by atoms with van der Waals surface area (Å²) in [5.74, 6) is 0. The van der Waals surface area contributed by atoms with Gasteiger partial charge in [-0.3, -0.25) is 0 Å². The molecule has 4 heteroatoms. The van der Waals surface area contributed by atoms with E-state index < -0.39 is 0 Å². The second-order valence-electron chi connectivity index (χ2n) is 3.19. The van der Waals surface area contributed by atoms with Gasteiger partial charge in [-0.2, -0.15) is 0 Å². The zero-order valence-corrected chi connectivity index (χ0v) is 8.64. The van der Waals surface area contributed by atoms with E-state index in [4.69, 9.17) is 0 Å². The molecule has 0 aromatic carbocycles. The van der Waals surface area contributed by atoms with Gasteiger partial charge in [0.1, 0.15) is 0 Å². The zero-order valence-electron chi connectivity index (χ0n) is 7.01. The lowest BCUT2D eigenvalue weighted by Crippen LogP contribution is -2.48. The van der Waals surface area contributed by atoms with Crippen LogP contribution >= 0.6 is 24.8 Å². The van der Waals surface area contributed by atoms with Crippen molar-refractivity contribution in [3.05, 3.63) is 12.2 Å². The average molecular weight is 211 g/mol. The van der Waals surface area contributed by atoms with Crippen molar-refractivity contribution in [2.45, 2.75) is 18.4 Å². The molecule has 2 aliphatic rings. The van der Waals surface area contributed by atoms with Gasteiger partial charge in [-0.25, -0.2) is 0 Å². The molecule has 72 valence electrons. The summed E-state index contributed by atoms with van der Waals surface area (Å²) >= 11 is 0. The Morgan fingerprint density at radius 1 is 1.08 bits per heavy atom. The van der Waals surface area contributed by atoms with Crippen LogP contribution in [0.4, 0.5) is 0 Å². The summed E-state index contributed by atoms with van der Waals surface area (Å²) in [6.45, 7) is 3.40. The average Bonchev–Trinajstić information content (AvgIpc) is 2.39. The largest absolute Gasteiger partial charge is 0.317 e. The monoisotopic (exact) mass is 210 g/mol. The SMILES string of the molecule is C1=CC2(CCNCC2)NC1.Cl.Cl. The Morgan fingerprint density at radius 2 is 1.75 bits per heavy atom. The summed E-state index contributed by atoms with van der Waals surface area (Å²) < 4.78 is 0. The minimum atomic E-state index is 0. The first-order valence-electron chi connectivity index (χ1n) is 4.05. The lowest BCUT2D eigenvalue weighted by molar-refractivity contribution is 0.327. The number of halogens is 2. The molecule has 1 fully saturated rings. The third-order valence-corrected chi connectivity index (χ3v) is 2.50. The fraction of sp³-hybridized carbons (Fsp3) is 0.750. The molecule has 0 unspecified atom stereocenters. The lowest BCUT2D eigenvalue weighted by Gasteiger charge is -2.32. The first-order chi connectivity index (χ1) is 4.91. The molecule has 2 nitrogen and oxygen atoms in total. The summed E-state index contributed by atoms with van der Waals surface area (Å²) in [7, 11) is 0. The van der Waals surface area contributed by atoms with E-state index in [1.54, 1.807) is 0 Å². The van der Waals surface area contributed by atoms with E-state index in [-0.39, 0.29) is 24.8 Å². The summed E-state index contributed by atoms with van der Waals surface area (Å²) in [5.41, 5.74) is 0.380. The van der Waals surface area contributed by atoms with Crippen molar-refractivity contribution in [3.8, 4) is 0 Å². The van der Waals surface area contributed by atoms with Crippen molar-refractivity contribution in [1.29, 1.82) is 0 Å². The van der Waals surface area contributed by atoms with Gasteiger partial charge in [-0.05, 0) is 25.9 Å². The fourth-order valence-electron chi connectivity index (χ4n) is 1.82. The highest BCUT2D eigenvalue weighted by atomic mass is 35.5. The number of piperidine rings is 1. The third kappa shape index (κ3) is 2.36. The molecular weight excluding hydrogens is 195 g/mol. The molecule has 2 N–H and O–H groups in total. The van der Waals surface area contributed by atoms with Crippen LogP contribution in [0.2, 0.25) is 0 Å². The van der Waals surface area contributed by atoms with Crippen molar-refractivity contribution in [1.82, 2.24) is 10.6 Å². The number of nitrogens with one attached hydrogen (secondary N) is 2. The molecule has 0 atom stereocenters. The van der Waals surface area contributed by atoms with Gasteiger partial charge in [0, 0.05) is 12.1 Å². The smallest absolute Gasteiger partial charge is 0.0391 e. The zero-order chi connectivity index (χ0) is 6.86. The molecule has 0 amide bonds. The van der Waals surface area contributed by atoms with E-state index in [9.17, 15) is 0 Å². The Hall–Kier alpha value is 0.240. The quantitative estimate of drug-likeness (QED) is 0.586. The van der Waals surface area contributed by atoms with Gasteiger partial charge in [-0.15, -0.1) is 24.8 Å². The maximum absolute atomic E-state index is 3.52. The molecule has 1 saturated heterocycles. The Bertz CT molecular complexity index is 153. The number of rotatable bonds is 0. The molecule has 0 bridgehead atoms. The molecule has 0 radical (unpaired) electrons. The van der Waals surface area contributed by atoms with E-state index in [0.717, 1.165) is 19.6 Å². The van der Waals surface area contributed by atoms with Crippen LogP contribution in [0, 0.1) is 0 Å². The normalized spacial score (nSPS) is 24.7. The fourth-order valence-corrected chi connectivity index (χ4v) is 1.82. The van der Waals surface area contributed by atoms with Gasteiger partial charge in [0.25, 0.3) is 0 Å². The maximum atomic E-state index is 3.52. The molecule has 0 aliphatic carbocycles. The van der Waals surface area contributed by atoms with Crippen LogP contribution in [0.5, 0.6) is 0 Å². The van der Waals surface area contributed by atoms with Gasteiger partial charge in [0.2, 0.25) is 0 Å². The molecule has 0 aromatic rings. The first-order valence-corrected chi connectivity index (χ1v) is 4.05. The van der Waals surface area contributed by atoms with Gasteiger partial charge >= 0.3 is 0 Å². The highest BCUT2D eigenvalue weighted by molar-refractivity contribution is 5.85.